The first-order chi connectivity index (χ1) is 9.81. The average Bonchev–Trinajstić information content (AvgIpc) is 2.52. The summed E-state index contributed by atoms with van der Waals surface area (Å²) in [5.74, 6) is 0.567. The topological polar surface area (TPSA) is 46.3 Å². The quantitative estimate of drug-likeness (QED) is 0.878. The highest BCUT2D eigenvalue weighted by Gasteiger charge is 2.25. The van der Waals surface area contributed by atoms with Gasteiger partial charge >= 0.3 is 0 Å². The molecule has 1 amide bonds. The molecule has 0 radical (unpaired) electrons. The summed E-state index contributed by atoms with van der Waals surface area (Å²) in [6.07, 6.45) is 6.72. The second-order valence-electron chi connectivity index (χ2n) is 5.68. The molecule has 1 aromatic carbocycles. The highest BCUT2D eigenvalue weighted by atomic mass is 35.5. The largest absolute Gasteiger partial charge is 0.341 e. The molecule has 0 atom stereocenters. The number of nitrogens with two attached hydrogens (primary N) is 1. The molecule has 21 heavy (non-hydrogen) atoms. The van der Waals surface area contributed by atoms with Crippen LogP contribution < -0.4 is 5.73 Å². The second kappa shape index (κ2) is 9.80. The molecule has 0 spiro atoms. The van der Waals surface area contributed by atoms with Crippen molar-refractivity contribution in [1.82, 2.24) is 4.90 Å². The van der Waals surface area contributed by atoms with Crippen molar-refractivity contribution < 1.29 is 4.79 Å². The lowest BCUT2D eigenvalue weighted by Crippen LogP contribution is -2.41. The first-order valence-electron chi connectivity index (χ1n) is 7.84. The zero-order valence-corrected chi connectivity index (χ0v) is 13.5. The zero-order chi connectivity index (χ0) is 14.2. The molecule has 0 saturated heterocycles. The van der Waals surface area contributed by atoms with Gasteiger partial charge in [-0.2, -0.15) is 0 Å². The van der Waals surface area contributed by atoms with Crippen molar-refractivity contribution in [2.24, 2.45) is 11.7 Å². The molecule has 2 rings (SSSR count). The number of nitrogens with zero attached hydrogens (tertiary/aromatic N) is 1. The number of carbonyl (C=O) groups excluding carboxylic acids is 1. The molecule has 0 heterocycles. The van der Waals surface area contributed by atoms with Crippen LogP contribution in [0.1, 0.15) is 37.7 Å². The molecule has 118 valence electrons. The van der Waals surface area contributed by atoms with E-state index in [1.807, 2.05) is 23.1 Å². The van der Waals surface area contributed by atoms with E-state index in [-0.39, 0.29) is 18.3 Å². The Morgan fingerprint density at radius 1 is 1.10 bits per heavy atom. The Kier molecular flexibility index (Phi) is 8.40. The van der Waals surface area contributed by atoms with E-state index in [1.54, 1.807) is 0 Å². The van der Waals surface area contributed by atoms with Gasteiger partial charge in [0.25, 0.3) is 0 Å². The van der Waals surface area contributed by atoms with Gasteiger partial charge in [-0.05, 0) is 24.8 Å². The standard InChI is InChI=1S/C17H26N2O.ClH/c18-12-14-19(13-11-15-7-3-1-4-8-15)17(20)16-9-5-2-6-10-16;/h1,3-4,7-8,16H,2,5-6,9-14,18H2;1H. The molecule has 0 unspecified atom stereocenters. The summed E-state index contributed by atoms with van der Waals surface area (Å²) in [5, 5.41) is 0. The van der Waals surface area contributed by atoms with Crippen LogP contribution in [0.25, 0.3) is 0 Å². The predicted molar refractivity (Wildman–Crippen MR) is 89.6 cm³/mol. The van der Waals surface area contributed by atoms with Crippen LogP contribution in [0.15, 0.2) is 30.3 Å². The van der Waals surface area contributed by atoms with Crippen molar-refractivity contribution in [3.63, 3.8) is 0 Å². The van der Waals surface area contributed by atoms with Crippen LogP contribution in [0.5, 0.6) is 0 Å². The Morgan fingerprint density at radius 2 is 1.76 bits per heavy atom. The van der Waals surface area contributed by atoms with Crippen molar-refractivity contribution in [2.75, 3.05) is 19.6 Å². The highest BCUT2D eigenvalue weighted by molar-refractivity contribution is 5.85. The Labute approximate surface area is 134 Å². The van der Waals surface area contributed by atoms with E-state index in [0.29, 0.717) is 19.0 Å². The summed E-state index contributed by atoms with van der Waals surface area (Å²) < 4.78 is 0. The third-order valence-corrected chi connectivity index (χ3v) is 4.18. The zero-order valence-electron chi connectivity index (χ0n) is 12.7. The molecule has 1 aromatic rings. The Morgan fingerprint density at radius 3 is 2.38 bits per heavy atom. The molecule has 3 nitrogen and oxygen atoms in total. The lowest BCUT2D eigenvalue weighted by atomic mass is 9.88. The lowest BCUT2D eigenvalue weighted by Gasteiger charge is -2.29. The van der Waals surface area contributed by atoms with Crippen molar-refractivity contribution >= 4 is 18.3 Å². The van der Waals surface area contributed by atoms with E-state index in [1.165, 1.54) is 24.8 Å². The van der Waals surface area contributed by atoms with E-state index in [0.717, 1.165) is 25.8 Å². The minimum atomic E-state index is 0. The maximum Gasteiger partial charge on any atom is 0.225 e. The van der Waals surface area contributed by atoms with Crippen molar-refractivity contribution in [3.8, 4) is 0 Å². The summed E-state index contributed by atoms with van der Waals surface area (Å²) >= 11 is 0. The fourth-order valence-electron chi connectivity index (χ4n) is 3.00. The number of benzene rings is 1. The third kappa shape index (κ3) is 5.68. The smallest absolute Gasteiger partial charge is 0.225 e. The molecule has 1 aliphatic carbocycles. The van der Waals surface area contributed by atoms with E-state index in [4.69, 9.17) is 5.73 Å². The summed E-state index contributed by atoms with van der Waals surface area (Å²) in [4.78, 5) is 14.6. The Balaban J connectivity index is 0.00000220. The van der Waals surface area contributed by atoms with Gasteiger partial charge in [0.15, 0.2) is 0 Å². The molecule has 4 heteroatoms. The summed E-state index contributed by atoms with van der Waals surface area (Å²) in [6, 6.07) is 10.4. The summed E-state index contributed by atoms with van der Waals surface area (Å²) in [6.45, 7) is 2.02. The Bertz CT molecular complexity index is 405. The van der Waals surface area contributed by atoms with Gasteiger partial charge in [0, 0.05) is 25.6 Å². The van der Waals surface area contributed by atoms with Crippen LogP contribution in [-0.2, 0) is 11.2 Å². The van der Waals surface area contributed by atoms with Crippen molar-refractivity contribution in [1.29, 1.82) is 0 Å². The van der Waals surface area contributed by atoms with Crippen LogP contribution in [-0.4, -0.2) is 30.4 Å². The molecular weight excluding hydrogens is 284 g/mol. The van der Waals surface area contributed by atoms with Gasteiger partial charge in [-0.15, -0.1) is 12.4 Å². The monoisotopic (exact) mass is 310 g/mol. The molecule has 0 aliphatic heterocycles. The maximum absolute atomic E-state index is 12.6. The SMILES string of the molecule is Cl.NCCN(CCc1ccccc1)C(=O)C1CCCCC1. The van der Waals surface area contributed by atoms with Gasteiger partial charge < -0.3 is 10.6 Å². The lowest BCUT2D eigenvalue weighted by molar-refractivity contribution is -0.136. The first-order valence-corrected chi connectivity index (χ1v) is 7.84. The Hall–Kier alpha value is -1.06. The maximum atomic E-state index is 12.6. The van der Waals surface area contributed by atoms with E-state index in [9.17, 15) is 4.79 Å². The van der Waals surface area contributed by atoms with Gasteiger partial charge in [-0.3, -0.25) is 4.79 Å². The number of halogens is 1. The predicted octanol–water partition coefficient (Wildman–Crippen LogP) is 3.02. The average molecular weight is 311 g/mol. The molecule has 1 fully saturated rings. The van der Waals surface area contributed by atoms with Gasteiger partial charge in [-0.25, -0.2) is 0 Å². The summed E-state index contributed by atoms with van der Waals surface area (Å²) in [7, 11) is 0. The van der Waals surface area contributed by atoms with Gasteiger partial charge in [0.2, 0.25) is 5.91 Å². The van der Waals surface area contributed by atoms with Crippen LogP contribution in [0.3, 0.4) is 0 Å². The van der Waals surface area contributed by atoms with Crippen LogP contribution >= 0.6 is 12.4 Å². The van der Waals surface area contributed by atoms with Crippen LogP contribution in [0.4, 0.5) is 0 Å². The van der Waals surface area contributed by atoms with Gasteiger partial charge in [0.1, 0.15) is 0 Å². The number of hydrogen-bond donors (Lipinski definition) is 1. The minimum absolute atomic E-state index is 0. The molecule has 2 N–H and O–H groups in total. The van der Waals surface area contributed by atoms with Gasteiger partial charge in [0.05, 0.1) is 0 Å². The van der Waals surface area contributed by atoms with Crippen LogP contribution in [0, 0.1) is 5.92 Å². The molecular formula is C17H27ClN2O. The molecule has 1 saturated carbocycles. The van der Waals surface area contributed by atoms with E-state index in [2.05, 4.69) is 12.1 Å². The number of rotatable bonds is 6. The first kappa shape index (κ1) is 18.0. The van der Waals surface area contributed by atoms with E-state index < -0.39 is 0 Å². The minimum Gasteiger partial charge on any atom is -0.341 e. The molecule has 0 aromatic heterocycles. The number of amides is 1. The van der Waals surface area contributed by atoms with Gasteiger partial charge in [-0.1, -0.05) is 49.6 Å². The normalized spacial score (nSPS) is 15.3. The number of hydrogen-bond acceptors (Lipinski definition) is 2. The van der Waals surface area contributed by atoms with Crippen LogP contribution in [0.2, 0.25) is 0 Å². The highest BCUT2D eigenvalue weighted by Crippen LogP contribution is 2.25. The fraction of sp³-hybridized carbons (Fsp3) is 0.588. The van der Waals surface area contributed by atoms with Crippen molar-refractivity contribution in [3.05, 3.63) is 35.9 Å². The molecule has 0 bridgehead atoms. The summed E-state index contributed by atoms with van der Waals surface area (Å²) in [5.41, 5.74) is 6.96. The van der Waals surface area contributed by atoms with E-state index >= 15 is 0 Å². The van der Waals surface area contributed by atoms with Crippen molar-refractivity contribution in [2.45, 2.75) is 38.5 Å². The second-order valence-corrected chi connectivity index (χ2v) is 5.68. The molecule has 1 aliphatic rings. The number of carbonyl (C=O) groups is 1. The third-order valence-electron chi connectivity index (χ3n) is 4.18. The fourth-order valence-corrected chi connectivity index (χ4v) is 3.00.